The number of benzene rings is 2. The molecular formula is C21H20ClN9O2S. The molecule has 0 atom stereocenters. The lowest BCUT2D eigenvalue weighted by Crippen LogP contribution is -2.31. The summed E-state index contributed by atoms with van der Waals surface area (Å²) in [6.45, 7) is 3.02. The number of nitrogen functional groups attached to an aromatic ring is 1. The van der Waals surface area contributed by atoms with Crippen LogP contribution in [0, 0.1) is 0 Å². The first-order valence-corrected chi connectivity index (χ1v) is 10.8. The van der Waals surface area contributed by atoms with Crippen molar-refractivity contribution in [2.24, 2.45) is 16.0 Å². The van der Waals surface area contributed by atoms with Gasteiger partial charge in [0.1, 0.15) is 11.3 Å². The molecule has 174 valence electrons. The van der Waals surface area contributed by atoms with Crippen molar-refractivity contribution in [1.82, 2.24) is 15.5 Å². The van der Waals surface area contributed by atoms with Crippen molar-refractivity contribution < 1.29 is 9.59 Å². The van der Waals surface area contributed by atoms with E-state index in [1.807, 2.05) is 0 Å². The van der Waals surface area contributed by atoms with E-state index < -0.39 is 5.91 Å². The van der Waals surface area contributed by atoms with Crippen molar-refractivity contribution in [3.05, 3.63) is 59.1 Å². The molecule has 0 radical (unpaired) electrons. The van der Waals surface area contributed by atoms with Gasteiger partial charge in [-0.25, -0.2) is 5.84 Å². The molecule has 2 amide bonds. The Hall–Kier alpha value is -4.13. The smallest absolute Gasteiger partial charge is 0.244 e. The Bertz CT molecular complexity index is 1240. The van der Waals surface area contributed by atoms with Crippen LogP contribution in [0.25, 0.3) is 16.6 Å². The summed E-state index contributed by atoms with van der Waals surface area (Å²) in [6, 6.07) is 11.9. The van der Waals surface area contributed by atoms with Crippen molar-refractivity contribution in [2.75, 3.05) is 22.6 Å². The molecule has 0 spiro atoms. The second-order valence-corrected chi connectivity index (χ2v) is 8.05. The maximum Gasteiger partial charge on any atom is 0.244 e. The summed E-state index contributed by atoms with van der Waals surface area (Å²) in [5, 5.41) is 22.6. The van der Waals surface area contributed by atoms with Gasteiger partial charge in [0.2, 0.25) is 16.9 Å². The van der Waals surface area contributed by atoms with Crippen molar-refractivity contribution in [3.8, 4) is 10.6 Å². The highest BCUT2D eigenvalue weighted by Crippen LogP contribution is 2.26. The summed E-state index contributed by atoms with van der Waals surface area (Å²) in [6.07, 6.45) is 4.04. The molecule has 34 heavy (non-hydrogen) atoms. The van der Waals surface area contributed by atoms with Crippen molar-refractivity contribution >= 4 is 70.4 Å². The third kappa shape index (κ3) is 6.93. The van der Waals surface area contributed by atoms with Crippen molar-refractivity contribution in [2.45, 2.75) is 0 Å². The summed E-state index contributed by atoms with van der Waals surface area (Å²) < 4.78 is 0. The van der Waals surface area contributed by atoms with Gasteiger partial charge in [-0.05, 0) is 48.5 Å². The molecule has 3 rings (SSSR count). The molecule has 0 saturated heterocycles. The molecule has 0 aliphatic carbocycles. The number of carbonyl (C=O) groups is 2. The third-order valence-corrected chi connectivity index (χ3v) is 5.26. The van der Waals surface area contributed by atoms with Crippen LogP contribution in [0.2, 0.25) is 5.02 Å². The number of rotatable bonds is 9. The number of amides is 2. The average molecular weight is 498 g/mol. The second kappa shape index (κ2) is 11.7. The molecule has 6 N–H and O–H groups in total. The quantitative estimate of drug-likeness (QED) is 0.116. The Labute approximate surface area is 203 Å². The maximum atomic E-state index is 12.2. The van der Waals surface area contributed by atoms with Crippen LogP contribution in [0.15, 0.2) is 58.7 Å². The van der Waals surface area contributed by atoms with Crippen LogP contribution in [0.1, 0.15) is 5.56 Å². The Morgan fingerprint density at radius 3 is 2.65 bits per heavy atom. The molecule has 0 aliphatic heterocycles. The van der Waals surface area contributed by atoms with Crippen LogP contribution < -0.4 is 27.2 Å². The molecule has 1 heterocycles. The maximum absolute atomic E-state index is 12.2. The summed E-state index contributed by atoms with van der Waals surface area (Å²) >= 11 is 7.31. The number of nitrogens with two attached hydrogens (primary N) is 2. The van der Waals surface area contributed by atoms with Gasteiger partial charge in [-0.15, -0.1) is 15.3 Å². The summed E-state index contributed by atoms with van der Waals surface area (Å²) in [5.74, 6) is 5.04. The van der Waals surface area contributed by atoms with Gasteiger partial charge in [0.25, 0.3) is 0 Å². The fraction of sp³-hybridized carbons (Fsp3) is 0.0476. The molecule has 13 heteroatoms. The minimum atomic E-state index is -0.477. The molecule has 0 fully saturated rings. The van der Waals surface area contributed by atoms with Gasteiger partial charge < -0.3 is 16.4 Å². The molecule has 0 saturated carbocycles. The second-order valence-electron chi connectivity index (χ2n) is 6.60. The fourth-order valence-electron chi connectivity index (χ4n) is 2.69. The first kappa shape index (κ1) is 24.5. The highest BCUT2D eigenvalue weighted by molar-refractivity contribution is 7.18. The van der Waals surface area contributed by atoms with Gasteiger partial charge in [-0.3, -0.25) is 14.6 Å². The summed E-state index contributed by atoms with van der Waals surface area (Å²) in [4.78, 5) is 24.4. The monoisotopic (exact) mass is 497 g/mol. The van der Waals surface area contributed by atoms with E-state index in [1.165, 1.54) is 34.8 Å². The summed E-state index contributed by atoms with van der Waals surface area (Å²) in [5.41, 5.74) is 8.07. The van der Waals surface area contributed by atoms with Crippen molar-refractivity contribution in [3.63, 3.8) is 0 Å². The van der Waals surface area contributed by atoms with E-state index in [1.54, 1.807) is 42.5 Å². The van der Waals surface area contributed by atoms with E-state index in [2.05, 4.69) is 37.8 Å². The molecule has 0 unspecified atom stereocenters. The number of halogens is 1. The number of aromatic nitrogens is 2. The van der Waals surface area contributed by atoms with E-state index in [-0.39, 0.29) is 12.5 Å². The molecule has 0 aliphatic rings. The van der Waals surface area contributed by atoms with Gasteiger partial charge in [-0.2, -0.15) is 5.10 Å². The van der Waals surface area contributed by atoms with E-state index in [0.29, 0.717) is 32.1 Å². The molecule has 0 bridgehead atoms. The normalized spacial score (nSPS) is 11.0. The zero-order valence-corrected chi connectivity index (χ0v) is 19.3. The molecule has 3 aromatic rings. The lowest BCUT2D eigenvalue weighted by Gasteiger charge is -2.15. The highest BCUT2D eigenvalue weighted by Gasteiger charge is 2.09. The van der Waals surface area contributed by atoms with Gasteiger partial charge >= 0.3 is 0 Å². The number of anilines is 3. The lowest BCUT2D eigenvalue weighted by atomic mass is 10.1. The van der Waals surface area contributed by atoms with Gasteiger partial charge in [0.05, 0.1) is 12.2 Å². The van der Waals surface area contributed by atoms with Gasteiger partial charge in [-0.1, -0.05) is 22.9 Å². The van der Waals surface area contributed by atoms with Crippen molar-refractivity contribution in [1.29, 1.82) is 0 Å². The fourth-order valence-corrected chi connectivity index (χ4v) is 3.49. The molecular weight excluding hydrogens is 478 g/mol. The van der Waals surface area contributed by atoms with E-state index in [0.717, 1.165) is 5.56 Å². The number of hydrogen-bond acceptors (Lipinski definition) is 9. The number of nitrogens with one attached hydrogen (secondary N) is 2. The number of hydrogen-bond donors (Lipinski definition) is 4. The Morgan fingerprint density at radius 1 is 1.21 bits per heavy atom. The number of hydrazine groups is 1. The highest BCUT2D eigenvalue weighted by atomic mass is 35.5. The first-order valence-electron chi connectivity index (χ1n) is 9.63. The molecule has 11 nitrogen and oxygen atoms in total. The molecule has 1 aromatic heterocycles. The van der Waals surface area contributed by atoms with Crippen LogP contribution in [-0.4, -0.2) is 41.6 Å². The minimum Gasteiger partial charge on any atom is -0.374 e. The largest absolute Gasteiger partial charge is 0.374 e. The standard InChI is InChI=1S/C21H20ClN9O2S/c1-25-27-12-31(24)17-8-5-15(22)10-14(17)4-9-18(32)26-11-19(33)28-16-6-2-13(3-7-16)20-29-30-21(23)34-20/h2-10,12H,1,11,24H2,(H2,23,30)(H,26,32)(H,28,33)/b9-4+,27-12-. The van der Waals surface area contributed by atoms with Crippen LogP contribution in [-0.2, 0) is 9.59 Å². The minimum absolute atomic E-state index is 0.221. The van der Waals surface area contributed by atoms with E-state index in [9.17, 15) is 9.59 Å². The van der Waals surface area contributed by atoms with Crippen LogP contribution in [0.4, 0.5) is 16.5 Å². The van der Waals surface area contributed by atoms with E-state index in [4.69, 9.17) is 23.2 Å². The zero-order valence-electron chi connectivity index (χ0n) is 17.7. The zero-order chi connectivity index (χ0) is 24.5. The van der Waals surface area contributed by atoms with Crippen LogP contribution in [0.3, 0.4) is 0 Å². The SMILES string of the molecule is C=N/N=C\N(N)c1ccc(Cl)cc1/C=C/C(=O)NCC(=O)Nc1ccc(-c2nnc(N)s2)cc1. The Kier molecular flexibility index (Phi) is 8.40. The van der Waals surface area contributed by atoms with E-state index >= 15 is 0 Å². The predicted octanol–water partition coefficient (Wildman–Crippen LogP) is 2.53. The predicted molar refractivity (Wildman–Crippen MR) is 137 cm³/mol. The first-order chi connectivity index (χ1) is 16.4. The number of nitrogens with zero attached hydrogens (tertiary/aromatic N) is 5. The van der Waals surface area contributed by atoms with Gasteiger partial charge in [0, 0.05) is 34.6 Å². The van der Waals surface area contributed by atoms with Crippen LogP contribution in [0.5, 0.6) is 0 Å². The Balaban J connectivity index is 1.55. The third-order valence-electron chi connectivity index (χ3n) is 4.22. The topological polar surface area (TPSA) is 164 Å². The Morgan fingerprint density at radius 2 is 1.97 bits per heavy atom. The van der Waals surface area contributed by atoms with Crippen LogP contribution >= 0.6 is 22.9 Å². The average Bonchev–Trinajstić information content (AvgIpc) is 3.26. The summed E-state index contributed by atoms with van der Waals surface area (Å²) in [7, 11) is 0. The van der Waals surface area contributed by atoms with Gasteiger partial charge in [0.15, 0.2) is 0 Å². The molecule has 2 aromatic carbocycles. The number of carbonyl (C=O) groups excluding carboxylic acids is 2. The lowest BCUT2D eigenvalue weighted by molar-refractivity contribution is -0.121.